The number of amides is 1. The highest BCUT2D eigenvalue weighted by Crippen LogP contribution is 2.35. The molecule has 0 aliphatic carbocycles. The van der Waals surface area contributed by atoms with E-state index in [4.69, 9.17) is 0 Å². The van der Waals surface area contributed by atoms with Gasteiger partial charge in [-0.15, -0.1) is 0 Å². The van der Waals surface area contributed by atoms with Crippen molar-refractivity contribution in [3.63, 3.8) is 0 Å². The fraction of sp³-hybridized carbons (Fsp3) is 0.250. The van der Waals surface area contributed by atoms with Crippen LogP contribution in [0.1, 0.15) is 5.56 Å². The van der Waals surface area contributed by atoms with E-state index in [1.54, 1.807) is 15.6 Å². The van der Waals surface area contributed by atoms with E-state index in [9.17, 15) is 22.4 Å². The molecule has 1 aromatic carbocycles. The first-order chi connectivity index (χ1) is 11.8. The number of anilines is 2. The molecule has 0 saturated heterocycles. The van der Waals surface area contributed by atoms with Gasteiger partial charge in [-0.05, 0) is 24.3 Å². The summed E-state index contributed by atoms with van der Waals surface area (Å²) in [6, 6.07) is 4.04. The molecule has 2 aromatic rings. The Morgan fingerprint density at radius 3 is 2.72 bits per heavy atom. The van der Waals surface area contributed by atoms with Crippen LogP contribution in [0.2, 0.25) is 0 Å². The molecule has 1 amide bonds. The summed E-state index contributed by atoms with van der Waals surface area (Å²) >= 11 is 0. The van der Waals surface area contributed by atoms with E-state index in [-0.39, 0.29) is 24.2 Å². The Morgan fingerprint density at radius 2 is 2.08 bits per heavy atom. The molecule has 5 nitrogen and oxygen atoms in total. The molecule has 9 heteroatoms. The van der Waals surface area contributed by atoms with Crippen molar-refractivity contribution in [1.82, 2.24) is 15.1 Å². The minimum Gasteiger partial charge on any atom is -0.346 e. The summed E-state index contributed by atoms with van der Waals surface area (Å²) < 4.78 is 53.7. The lowest BCUT2D eigenvalue weighted by Crippen LogP contribution is -2.48. The molecule has 132 valence electrons. The quantitative estimate of drug-likeness (QED) is 0.681. The fourth-order valence-electron chi connectivity index (χ4n) is 2.77. The lowest BCUT2D eigenvalue weighted by Gasteiger charge is -2.35. The van der Waals surface area contributed by atoms with Gasteiger partial charge in [0.05, 0.1) is 24.3 Å². The molecule has 0 radical (unpaired) electrons. The smallest absolute Gasteiger partial charge is 0.346 e. The topological polar surface area (TPSA) is 50.2 Å². The van der Waals surface area contributed by atoms with E-state index in [0.717, 1.165) is 12.1 Å². The molecule has 2 heterocycles. The number of hydrogen-bond donors (Lipinski definition) is 1. The van der Waals surface area contributed by atoms with Crippen molar-refractivity contribution in [3.8, 4) is 0 Å². The van der Waals surface area contributed by atoms with Crippen LogP contribution in [-0.2, 0) is 17.5 Å². The Hall–Kier alpha value is -2.84. The van der Waals surface area contributed by atoms with Crippen LogP contribution in [0.25, 0.3) is 0 Å². The maximum atomic E-state index is 13.9. The largest absolute Gasteiger partial charge is 0.419 e. The number of halogens is 4. The van der Waals surface area contributed by atoms with E-state index >= 15 is 0 Å². The number of nitrogens with zero attached hydrogens (tertiary/aromatic N) is 3. The summed E-state index contributed by atoms with van der Waals surface area (Å²) in [5.41, 5.74) is -1.08. The Balaban J connectivity index is 1.94. The van der Waals surface area contributed by atoms with Crippen LogP contribution in [0.15, 0.2) is 43.1 Å². The van der Waals surface area contributed by atoms with Crippen molar-refractivity contribution >= 4 is 17.4 Å². The van der Waals surface area contributed by atoms with Crippen LogP contribution in [-0.4, -0.2) is 28.3 Å². The minimum atomic E-state index is -4.76. The number of aromatic nitrogens is 2. The van der Waals surface area contributed by atoms with Gasteiger partial charge in [0.2, 0.25) is 5.91 Å². The van der Waals surface area contributed by atoms with Gasteiger partial charge in [0.1, 0.15) is 11.6 Å². The van der Waals surface area contributed by atoms with Crippen LogP contribution in [0, 0.1) is 5.82 Å². The molecule has 1 aliphatic rings. The summed E-state index contributed by atoms with van der Waals surface area (Å²) in [6.07, 6.45) is -2.10. The molecular formula is C16H14F4N4O. The molecule has 1 aromatic heterocycles. The predicted molar refractivity (Wildman–Crippen MR) is 82.8 cm³/mol. The number of benzene rings is 1. The third-order valence-corrected chi connectivity index (χ3v) is 3.87. The number of carbonyl (C=O) groups excluding carboxylic acids is 1. The van der Waals surface area contributed by atoms with Crippen LogP contribution in [0.4, 0.5) is 29.1 Å². The zero-order valence-corrected chi connectivity index (χ0v) is 12.9. The van der Waals surface area contributed by atoms with Gasteiger partial charge < -0.3 is 10.2 Å². The van der Waals surface area contributed by atoms with Crippen molar-refractivity contribution in [2.45, 2.75) is 18.8 Å². The van der Waals surface area contributed by atoms with E-state index in [1.165, 1.54) is 12.3 Å². The first kappa shape index (κ1) is 17.0. The summed E-state index contributed by atoms with van der Waals surface area (Å²) in [5.74, 6) is -1.13. The fourth-order valence-corrected chi connectivity index (χ4v) is 2.77. The maximum absolute atomic E-state index is 13.9. The number of carbonyl (C=O) groups is 1. The van der Waals surface area contributed by atoms with Gasteiger partial charge in [-0.2, -0.15) is 18.3 Å². The highest BCUT2D eigenvalue weighted by molar-refractivity contribution is 5.87. The van der Waals surface area contributed by atoms with Crippen molar-refractivity contribution in [3.05, 3.63) is 54.5 Å². The molecule has 0 saturated carbocycles. The Morgan fingerprint density at radius 1 is 1.32 bits per heavy atom. The van der Waals surface area contributed by atoms with Crippen LogP contribution in [0.5, 0.6) is 0 Å². The van der Waals surface area contributed by atoms with Crippen molar-refractivity contribution < 1.29 is 22.4 Å². The zero-order valence-electron chi connectivity index (χ0n) is 12.9. The predicted octanol–water partition coefficient (Wildman–Crippen LogP) is 2.86. The third kappa shape index (κ3) is 3.35. The molecule has 0 fully saturated rings. The molecule has 3 rings (SSSR count). The average molecular weight is 354 g/mol. The van der Waals surface area contributed by atoms with E-state index in [2.05, 4.69) is 17.0 Å². The van der Waals surface area contributed by atoms with Gasteiger partial charge >= 0.3 is 6.18 Å². The number of fused-ring (bicyclic) bond motifs is 1. The lowest BCUT2D eigenvalue weighted by atomic mass is 10.1. The van der Waals surface area contributed by atoms with E-state index in [1.807, 2.05) is 0 Å². The average Bonchev–Trinajstić information content (AvgIpc) is 3.01. The molecular weight excluding hydrogens is 340 g/mol. The Labute approximate surface area is 140 Å². The van der Waals surface area contributed by atoms with E-state index in [0.29, 0.717) is 18.4 Å². The number of nitrogens with one attached hydrogen (secondary N) is 1. The maximum Gasteiger partial charge on any atom is 0.419 e. The number of rotatable bonds is 3. The monoisotopic (exact) mass is 354 g/mol. The van der Waals surface area contributed by atoms with Crippen molar-refractivity contribution in [1.29, 1.82) is 0 Å². The summed E-state index contributed by atoms with van der Waals surface area (Å²) in [7, 11) is 0. The van der Waals surface area contributed by atoms with Gasteiger partial charge in [-0.25, -0.2) is 9.07 Å². The van der Waals surface area contributed by atoms with E-state index < -0.39 is 17.6 Å². The second kappa shape index (κ2) is 6.23. The number of hydrogen-bond acceptors (Lipinski definition) is 3. The van der Waals surface area contributed by atoms with Gasteiger partial charge in [-0.1, -0.05) is 6.58 Å². The van der Waals surface area contributed by atoms with Crippen molar-refractivity contribution in [2.75, 3.05) is 11.4 Å². The van der Waals surface area contributed by atoms with Crippen LogP contribution in [0.3, 0.4) is 0 Å². The second-order valence-corrected chi connectivity index (χ2v) is 5.55. The molecule has 0 bridgehead atoms. The lowest BCUT2D eigenvalue weighted by molar-refractivity contribution is -0.140. The SMILES string of the molecule is C=CC(=O)N[C@@H]1CN(c2ccc(C(F)(F)F)c(F)c2)c2ccnn2C1. The van der Waals surface area contributed by atoms with Gasteiger partial charge in [-0.3, -0.25) is 4.79 Å². The standard InChI is InChI=1S/C16H14F4N4O/c1-2-14(25)22-10-8-23(15-5-6-21-24(15)9-10)11-3-4-12(13(17)7-11)16(18,19)20/h2-7,10H,1,8-9H2,(H,22,25)/t10-/m1/s1. The van der Waals surface area contributed by atoms with Gasteiger partial charge in [0, 0.05) is 18.3 Å². The molecule has 0 unspecified atom stereocenters. The molecule has 1 N–H and O–H groups in total. The van der Waals surface area contributed by atoms with Crippen LogP contribution >= 0.6 is 0 Å². The Kier molecular flexibility index (Phi) is 4.23. The molecule has 1 aliphatic heterocycles. The summed E-state index contributed by atoms with van der Waals surface area (Å²) in [6.45, 7) is 4.03. The van der Waals surface area contributed by atoms with Gasteiger partial charge in [0.25, 0.3) is 0 Å². The Bertz CT molecular complexity index is 815. The van der Waals surface area contributed by atoms with Crippen LogP contribution < -0.4 is 10.2 Å². The second-order valence-electron chi connectivity index (χ2n) is 5.55. The number of alkyl halides is 3. The molecule has 0 spiro atoms. The molecule has 25 heavy (non-hydrogen) atoms. The third-order valence-electron chi connectivity index (χ3n) is 3.87. The van der Waals surface area contributed by atoms with Gasteiger partial charge in [0.15, 0.2) is 0 Å². The highest BCUT2D eigenvalue weighted by Gasteiger charge is 2.35. The first-order valence-corrected chi connectivity index (χ1v) is 7.38. The normalized spacial score (nSPS) is 17.1. The zero-order chi connectivity index (χ0) is 18.2. The minimum absolute atomic E-state index is 0.241. The first-order valence-electron chi connectivity index (χ1n) is 7.38. The highest BCUT2D eigenvalue weighted by atomic mass is 19.4. The van der Waals surface area contributed by atoms with Crippen molar-refractivity contribution in [2.24, 2.45) is 0 Å². The molecule has 1 atom stereocenters. The summed E-state index contributed by atoms with van der Waals surface area (Å²) in [5, 5.41) is 6.84. The summed E-state index contributed by atoms with van der Waals surface area (Å²) in [4.78, 5) is 13.1.